The smallest absolute Gasteiger partial charge is 0.226 e. The van der Waals surface area contributed by atoms with Gasteiger partial charge in [-0.25, -0.2) is 9.97 Å². The quantitative estimate of drug-likeness (QED) is 0.609. The fourth-order valence-corrected chi connectivity index (χ4v) is 2.00. The summed E-state index contributed by atoms with van der Waals surface area (Å²) in [6, 6.07) is 0. The van der Waals surface area contributed by atoms with Crippen LogP contribution in [0.3, 0.4) is 0 Å². The van der Waals surface area contributed by atoms with Crippen molar-refractivity contribution in [3.63, 3.8) is 0 Å². The van der Waals surface area contributed by atoms with E-state index in [4.69, 9.17) is 0 Å². The minimum Gasteiger partial charge on any atom is -0.366 e. The van der Waals surface area contributed by atoms with E-state index in [1.165, 1.54) is 0 Å². The van der Waals surface area contributed by atoms with Crippen LogP contribution in [0.5, 0.6) is 0 Å². The van der Waals surface area contributed by atoms with Crippen LogP contribution in [0.1, 0.15) is 13.3 Å². The van der Waals surface area contributed by atoms with Gasteiger partial charge in [0.1, 0.15) is 5.52 Å². The molecule has 0 saturated carbocycles. The van der Waals surface area contributed by atoms with E-state index in [0.29, 0.717) is 11.6 Å². The van der Waals surface area contributed by atoms with Gasteiger partial charge in [0.15, 0.2) is 11.5 Å². The van der Waals surface area contributed by atoms with Crippen LogP contribution in [0.2, 0.25) is 0 Å². The molecular formula is C13H18N8. The summed E-state index contributed by atoms with van der Waals surface area (Å²) in [6.07, 6.45) is 8.14. The number of nitrogens with one attached hydrogen (secondary N) is 3. The number of aromatic amines is 1. The number of rotatable bonds is 7. The molecule has 3 aromatic heterocycles. The van der Waals surface area contributed by atoms with Gasteiger partial charge in [0.25, 0.3) is 0 Å². The van der Waals surface area contributed by atoms with Crippen LogP contribution >= 0.6 is 0 Å². The fourth-order valence-electron chi connectivity index (χ4n) is 2.00. The van der Waals surface area contributed by atoms with Crippen LogP contribution in [0, 0.1) is 0 Å². The summed E-state index contributed by atoms with van der Waals surface area (Å²) in [5, 5.41) is 6.51. The van der Waals surface area contributed by atoms with Crippen molar-refractivity contribution in [1.29, 1.82) is 0 Å². The lowest BCUT2D eigenvalue weighted by atomic mass is 10.4. The Hall–Kier alpha value is -2.64. The summed E-state index contributed by atoms with van der Waals surface area (Å²) in [7, 11) is 0. The zero-order valence-corrected chi connectivity index (χ0v) is 11.9. The number of imidazole rings is 2. The van der Waals surface area contributed by atoms with Crippen molar-refractivity contribution < 1.29 is 0 Å². The summed E-state index contributed by atoms with van der Waals surface area (Å²) >= 11 is 0. The average Bonchev–Trinajstić information content (AvgIpc) is 3.15. The Balaban J connectivity index is 1.74. The molecule has 3 heterocycles. The van der Waals surface area contributed by atoms with Crippen molar-refractivity contribution in [3.8, 4) is 0 Å². The Bertz CT molecular complexity index is 687. The van der Waals surface area contributed by atoms with Gasteiger partial charge in [0, 0.05) is 32.0 Å². The Morgan fingerprint density at radius 1 is 1.24 bits per heavy atom. The molecule has 3 N–H and O–H groups in total. The predicted octanol–water partition coefficient (Wildman–Crippen LogP) is 1.48. The van der Waals surface area contributed by atoms with Crippen LogP contribution < -0.4 is 10.6 Å². The van der Waals surface area contributed by atoms with Gasteiger partial charge in [-0.3, -0.25) is 0 Å². The number of anilines is 2. The second-order valence-electron chi connectivity index (χ2n) is 4.65. The lowest BCUT2D eigenvalue weighted by Crippen LogP contribution is -2.12. The third-order valence-corrected chi connectivity index (χ3v) is 3.04. The number of aromatic nitrogens is 6. The van der Waals surface area contributed by atoms with Crippen molar-refractivity contribution in [3.05, 3.63) is 25.0 Å². The molecule has 0 amide bonds. The first-order valence-electron chi connectivity index (χ1n) is 7.01. The molecule has 0 bridgehead atoms. The molecule has 0 aliphatic heterocycles. The van der Waals surface area contributed by atoms with Gasteiger partial charge < -0.3 is 20.2 Å². The van der Waals surface area contributed by atoms with E-state index in [1.807, 2.05) is 10.8 Å². The highest BCUT2D eigenvalue weighted by atomic mass is 15.2. The number of hydrogen-bond donors (Lipinski definition) is 3. The van der Waals surface area contributed by atoms with E-state index in [1.54, 1.807) is 18.9 Å². The van der Waals surface area contributed by atoms with Crippen molar-refractivity contribution in [2.45, 2.75) is 19.9 Å². The lowest BCUT2D eigenvalue weighted by molar-refractivity contribution is 0.725. The van der Waals surface area contributed by atoms with Crippen LogP contribution in [-0.2, 0) is 6.54 Å². The Morgan fingerprint density at radius 2 is 2.19 bits per heavy atom. The SMILES string of the molecule is CCCNc1nc(NCCn2ccnc2)c2[nH]cnc2n1. The first-order valence-corrected chi connectivity index (χ1v) is 7.01. The van der Waals surface area contributed by atoms with E-state index in [9.17, 15) is 0 Å². The molecule has 3 aromatic rings. The van der Waals surface area contributed by atoms with E-state index in [2.05, 4.69) is 42.5 Å². The van der Waals surface area contributed by atoms with E-state index in [0.717, 1.165) is 37.4 Å². The number of hydrogen-bond acceptors (Lipinski definition) is 6. The largest absolute Gasteiger partial charge is 0.366 e. The van der Waals surface area contributed by atoms with Crippen molar-refractivity contribution in [1.82, 2.24) is 29.5 Å². The van der Waals surface area contributed by atoms with Crippen LogP contribution in [0.4, 0.5) is 11.8 Å². The van der Waals surface area contributed by atoms with E-state index in [-0.39, 0.29) is 0 Å². The Morgan fingerprint density at radius 3 is 3.00 bits per heavy atom. The van der Waals surface area contributed by atoms with Crippen LogP contribution in [0.15, 0.2) is 25.0 Å². The molecule has 0 aliphatic rings. The molecule has 0 aliphatic carbocycles. The first kappa shape index (κ1) is 13.3. The van der Waals surface area contributed by atoms with Gasteiger partial charge in [0.2, 0.25) is 5.95 Å². The zero-order valence-electron chi connectivity index (χ0n) is 11.9. The first-order chi connectivity index (χ1) is 10.4. The van der Waals surface area contributed by atoms with E-state index < -0.39 is 0 Å². The highest BCUT2D eigenvalue weighted by molar-refractivity contribution is 5.83. The Kier molecular flexibility index (Phi) is 3.95. The predicted molar refractivity (Wildman–Crippen MR) is 81.2 cm³/mol. The van der Waals surface area contributed by atoms with Gasteiger partial charge in [-0.2, -0.15) is 9.97 Å². The normalized spacial score (nSPS) is 10.9. The molecule has 0 unspecified atom stereocenters. The summed E-state index contributed by atoms with van der Waals surface area (Å²) in [5.41, 5.74) is 1.48. The molecule has 21 heavy (non-hydrogen) atoms. The highest BCUT2D eigenvalue weighted by Gasteiger charge is 2.09. The monoisotopic (exact) mass is 286 g/mol. The molecule has 0 spiro atoms. The maximum Gasteiger partial charge on any atom is 0.226 e. The summed E-state index contributed by atoms with van der Waals surface area (Å²) in [5.74, 6) is 1.36. The molecule has 0 saturated heterocycles. The summed E-state index contributed by atoms with van der Waals surface area (Å²) in [6.45, 7) is 4.50. The molecule has 0 aromatic carbocycles. The van der Waals surface area contributed by atoms with Gasteiger partial charge in [-0.1, -0.05) is 6.92 Å². The van der Waals surface area contributed by atoms with Crippen molar-refractivity contribution in [2.24, 2.45) is 0 Å². The van der Waals surface area contributed by atoms with Gasteiger partial charge in [-0.05, 0) is 6.42 Å². The highest BCUT2D eigenvalue weighted by Crippen LogP contribution is 2.18. The molecule has 8 heteroatoms. The second kappa shape index (κ2) is 6.21. The second-order valence-corrected chi connectivity index (χ2v) is 4.65. The molecule has 0 fully saturated rings. The number of H-pyrrole nitrogens is 1. The molecule has 110 valence electrons. The molecular weight excluding hydrogens is 268 g/mol. The molecule has 3 rings (SSSR count). The fraction of sp³-hybridized carbons (Fsp3) is 0.385. The van der Waals surface area contributed by atoms with Gasteiger partial charge in [-0.15, -0.1) is 0 Å². The van der Waals surface area contributed by atoms with E-state index >= 15 is 0 Å². The summed E-state index contributed by atoms with van der Waals surface area (Å²) in [4.78, 5) is 20.2. The average molecular weight is 286 g/mol. The third kappa shape index (κ3) is 3.10. The van der Waals surface area contributed by atoms with Crippen LogP contribution in [-0.4, -0.2) is 42.6 Å². The number of fused-ring (bicyclic) bond motifs is 1. The lowest BCUT2D eigenvalue weighted by Gasteiger charge is -2.09. The standard InChI is InChI=1S/C13H18N8/c1-2-3-16-13-19-11(10-12(20-13)18-8-17-10)15-5-7-21-6-4-14-9-21/h4,6,8-9H,2-3,5,7H2,1H3,(H3,15,16,17,18,19,20). The third-order valence-electron chi connectivity index (χ3n) is 3.04. The maximum absolute atomic E-state index is 4.50. The summed E-state index contributed by atoms with van der Waals surface area (Å²) < 4.78 is 2.01. The van der Waals surface area contributed by atoms with Gasteiger partial charge >= 0.3 is 0 Å². The minimum atomic E-state index is 0.599. The number of nitrogens with zero attached hydrogens (tertiary/aromatic N) is 5. The molecule has 0 radical (unpaired) electrons. The van der Waals surface area contributed by atoms with Crippen molar-refractivity contribution in [2.75, 3.05) is 23.7 Å². The maximum atomic E-state index is 4.50. The topological polar surface area (TPSA) is 96.3 Å². The zero-order chi connectivity index (χ0) is 14.5. The Labute approximate surface area is 122 Å². The van der Waals surface area contributed by atoms with Gasteiger partial charge in [0.05, 0.1) is 12.7 Å². The molecule has 8 nitrogen and oxygen atoms in total. The van der Waals surface area contributed by atoms with Crippen molar-refractivity contribution >= 4 is 22.9 Å². The van der Waals surface area contributed by atoms with Crippen LogP contribution in [0.25, 0.3) is 11.2 Å². The molecule has 0 atom stereocenters. The minimum absolute atomic E-state index is 0.599.